The maximum atomic E-state index is 13.0. The number of aromatic nitrogens is 3. The Bertz CT molecular complexity index is 802. The molecule has 0 saturated carbocycles. The Labute approximate surface area is 129 Å². The first-order valence-corrected chi connectivity index (χ1v) is 7.21. The van der Waals surface area contributed by atoms with Crippen molar-refractivity contribution in [2.24, 2.45) is 0 Å². The lowest BCUT2D eigenvalue weighted by Gasteiger charge is -2.32. The highest BCUT2D eigenvalue weighted by molar-refractivity contribution is 6.05. The Morgan fingerprint density at radius 3 is 2.68 bits per heavy atom. The number of Topliss-reactive ketones (excluding diaryl/α,β-unsaturated/α-hetero) is 1. The highest BCUT2D eigenvalue weighted by atomic mass is 16.1. The highest BCUT2D eigenvalue weighted by Crippen LogP contribution is 2.37. The largest absolute Gasteiger partial charge is 0.293 e. The van der Waals surface area contributed by atoms with E-state index in [0.717, 1.165) is 11.4 Å². The summed E-state index contributed by atoms with van der Waals surface area (Å²) in [4.78, 5) is 26.0. The molecule has 110 valence electrons. The molecule has 0 bridgehead atoms. The van der Waals surface area contributed by atoms with E-state index in [1.54, 1.807) is 12.1 Å². The Morgan fingerprint density at radius 1 is 1.23 bits per heavy atom. The molecule has 1 aliphatic carbocycles. The summed E-state index contributed by atoms with van der Waals surface area (Å²) >= 11 is 0. The van der Waals surface area contributed by atoms with Crippen molar-refractivity contribution in [2.45, 2.75) is 39.0 Å². The summed E-state index contributed by atoms with van der Waals surface area (Å²) in [6.07, 6.45) is 1.30. The van der Waals surface area contributed by atoms with Gasteiger partial charge in [0, 0.05) is 11.3 Å². The van der Waals surface area contributed by atoms with Gasteiger partial charge in [-0.3, -0.25) is 4.79 Å². The van der Waals surface area contributed by atoms with Crippen LogP contribution in [0, 0.1) is 25.2 Å². The molecule has 1 unspecified atom stereocenters. The molecular formula is C17H16N4O. The maximum Gasteiger partial charge on any atom is 0.176 e. The maximum absolute atomic E-state index is 13.0. The third-order valence-electron chi connectivity index (χ3n) is 4.23. The van der Waals surface area contributed by atoms with Crippen molar-refractivity contribution < 1.29 is 4.79 Å². The van der Waals surface area contributed by atoms with Crippen molar-refractivity contribution in [3.8, 4) is 6.07 Å². The first-order valence-electron chi connectivity index (χ1n) is 7.21. The first-order chi connectivity index (χ1) is 10.4. The van der Waals surface area contributed by atoms with Crippen LogP contribution < -0.4 is 0 Å². The van der Waals surface area contributed by atoms with Crippen LogP contribution in [0.1, 0.15) is 52.3 Å². The molecule has 0 aromatic carbocycles. The molecule has 0 aliphatic heterocycles. The summed E-state index contributed by atoms with van der Waals surface area (Å²) in [5.74, 6) is 0.691. The lowest BCUT2D eigenvalue weighted by molar-refractivity contribution is 0.0870. The van der Waals surface area contributed by atoms with Crippen LogP contribution in [0.4, 0.5) is 0 Å². The summed E-state index contributed by atoms with van der Waals surface area (Å²) in [6.45, 7) is 5.67. The summed E-state index contributed by atoms with van der Waals surface area (Å²) in [5, 5.41) is 8.93. The van der Waals surface area contributed by atoms with Crippen molar-refractivity contribution in [1.82, 2.24) is 15.0 Å². The van der Waals surface area contributed by atoms with Gasteiger partial charge < -0.3 is 0 Å². The topological polar surface area (TPSA) is 79.5 Å². The number of nitrogens with zero attached hydrogens (tertiary/aromatic N) is 4. The van der Waals surface area contributed by atoms with Gasteiger partial charge in [-0.2, -0.15) is 5.26 Å². The van der Waals surface area contributed by atoms with E-state index in [4.69, 9.17) is 5.26 Å². The number of aryl methyl sites for hydroxylation is 3. The average molecular weight is 292 g/mol. The molecular weight excluding hydrogens is 276 g/mol. The van der Waals surface area contributed by atoms with Gasteiger partial charge in [0.15, 0.2) is 5.78 Å². The van der Waals surface area contributed by atoms with Crippen LogP contribution in [-0.2, 0) is 11.8 Å². The summed E-state index contributed by atoms with van der Waals surface area (Å²) in [6, 6.07) is 7.20. The lowest BCUT2D eigenvalue weighted by Crippen LogP contribution is -2.39. The van der Waals surface area contributed by atoms with E-state index in [0.29, 0.717) is 35.6 Å². The SMILES string of the molecule is Cc1cc(C2(C)CCc3nc(C#N)ccc3C2=O)nc(C)n1. The molecule has 0 N–H and O–H groups in total. The third-order valence-corrected chi connectivity index (χ3v) is 4.23. The van der Waals surface area contributed by atoms with E-state index in [9.17, 15) is 4.79 Å². The van der Waals surface area contributed by atoms with Gasteiger partial charge >= 0.3 is 0 Å². The smallest absolute Gasteiger partial charge is 0.176 e. The van der Waals surface area contributed by atoms with E-state index in [2.05, 4.69) is 15.0 Å². The Morgan fingerprint density at radius 2 is 2.00 bits per heavy atom. The predicted molar refractivity (Wildman–Crippen MR) is 80.5 cm³/mol. The van der Waals surface area contributed by atoms with Crippen LogP contribution >= 0.6 is 0 Å². The number of hydrogen-bond acceptors (Lipinski definition) is 5. The zero-order chi connectivity index (χ0) is 15.9. The van der Waals surface area contributed by atoms with Crippen molar-refractivity contribution in [1.29, 1.82) is 5.26 Å². The van der Waals surface area contributed by atoms with Gasteiger partial charge in [0.25, 0.3) is 0 Å². The molecule has 1 aliphatic rings. The van der Waals surface area contributed by atoms with Crippen molar-refractivity contribution in [3.05, 3.63) is 52.4 Å². The molecule has 2 heterocycles. The first kappa shape index (κ1) is 14.3. The molecule has 22 heavy (non-hydrogen) atoms. The molecule has 0 radical (unpaired) electrons. The van der Waals surface area contributed by atoms with Crippen LogP contribution in [0.2, 0.25) is 0 Å². The van der Waals surface area contributed by atoms with Crippen molar-refractivity contribution in [3.63, 3.8) is 0 Å². The molecule has 0 saturated heterocycles. The monoisotopic (exact) mass is 292 g/mol. The summed E-state index contributed by atoms with van der Waals surface area (Å²) in [5.41, 5.74) is 2.62. The van der Waals surface area contributed by atoms with Crippen molar-refractivity contribution >= 4 is 5.78 Å². The molecule has 5 heteroatoms. The molecule has 0 amide bonds. The van der Waals surface area contributed by atoms with Crippen LogP contribution in [0.3, 0.4) is 0 Å². The fraction of sp³-hybridized carbons (Fsp3) is 0.353. The minimum atomic E-state index is -0.665. The molecule has 2 aromatic heterocycles. The standard InChI is InChI=1S/C17H16N4O/c1-10-8-15(20-11(2)19-10)17(3)7-6-14-13(16(17)22)5-4-12(9-18)21-14/h4-5,8H,6-7H2,1-3H3. The zero-order valence-corrected chi connectivity index (χ0v) is 12.8. The van der Waals surface area contributed by atoms with Crippen LogP contribution in [0.5, 0.6) is 0 Å². The third kappa shape index (κ3) is 2.17. The number of carbonyl (C=O) groups is 1. The number of rotatable bonds is 1. The van der Waals surface area contributed by atoms with E-state index < -0.39 is 5.41 Å². The van der Waals surface area contributed by atoms with E-state index in [-0.39, 0.29) is 5.78 Å². The quantitative estimate of drug-likeness (QED) is 0.806. The second-order valence-electron chi connectivity index (χ2n) is 5.91. The fourth-order valence-corrected chi connectivity index (χ4v) is 2.98. The average Bonchev–Trinajstić information content (AvgIpc) is 2.50. The van der Waals surface area contributed by atoms with Crippen LogP contribution in [-0.4, -0.2) is 20.7 Å². The van der Waals surface area contributed by atoms with Gasteiger partial charge in [-0.05, 0) is 51.8 Å². The molecule has 2 aromatic rings. The highest BCUT2D eigenvalue weighted by Gasteiger charge is 2.42. The number of nitriles is 1. The molecule has 1 atom stereocenters. The molecule has 0 fully saturated rings. The van der Waals surface area contributed by atoms with Gasteiger partial charge in [-0.25, -0.2) is 15.0 Å². The number of fused-ring (bicyclic) bond motifs is 1. The second-order valence-corrected chi connectivity index (χ2v) is 5.91. The number of hydrogen-bond donors (Lipinski definition) is 0. The number of carbonyl (C=O) groups excluding carboxylic acids is 1. The molecule has 0 spiro atoms. The molecule has 3 rings (SSSR count). The van der Waals surface area contributed by atoms with Gasteiger partial charge in [0.05, 0.1) is 16.8 Å². The second kappa shape index (κ2) is 4.99. The zero-order valence-electron chi connectivity index (χ0n) is 12.8. The molecule has 5 nitrogen and oxygen atoms in total. The van der Waals surface area contributed by atoms with Gasteiger partial charge in [0.2, 0.25) is 0 Å². The minimum Gasteiger partial charge on any atom is -0.293 e. The number of pyridine rings is 1. The van der Waals surface area contributed by atoms with Gasteiger partial charge in [-0.1, -0.05) is 0 Å². The van der Waals surface area contributed by atoms with Gasteiger partial charge in [0.1, 0.15) is 17.6 Å². The van der Waals surface area contributed by atoms with E-state index in [1.165, 1.54) is 0 Å². The van der Waals surface area contributed by atoms with Crippen LogP contribution in [0.25, 0.3) is 0 Å². The van der Waals surface area contributed by atoms with Crippen molar-refractivity contribution in [2.75, 3.05) is 0 Å². The predicted octanol–water partition coefficient (Wildman–Crippen LogP) is 2.45. The number of ketones is 1. The minimum absolute atomic E-state index is 0.0169. The van der Waals surface area contributed by atoms with E-state index >= 15 is 0 Å². The van der Waals surface area contributed by atoms with E-state index in [1.807, 2.05) is 32.9 Å². The summed E-state index contributed by atoms with van der Waals surface area (Å²) < 4.78 is 0. The normalized spacial score (nSPS) is 20.4. The Balaban J connectivity index is 2.10. The summed E-state index contributed by atoms with van der Waals surface area (Å²) in [7, 11) is 0. The lowest BCUT2D eigenvalue weighted by atomic mass is 9.71. The Kier molecular flexibility index (Phi) is 3.25. The fourth-order valence-electron chi connectivity index (χ4n) is 2.98. The Hall–Kier alpha value is -2.61. The van der Waals surface area contributed by atoms with Crippen LogP contribution in [0.15, 0.2) is 18.2 Å². The van der Waals surface area contributed by atoms with Gasteiger partial charge in [-0.15, -0.1) is 0 Å².